The molecule has 0 spiro atoms. The first-order valence-corrected chi connectivity index (χ1v) is 13.9. The van der Waals surface area contributed by atoms with Crippen molar-refractivity contribution in [1.82, 2.24) is 9.97 Å². The first-order valence-electron chi connectivity index (χ1n) is 13.9. The molecule has 2 aliphatic carbocycles. The molecular weight excluding hydrogens is 388 g/mol. The molecule has 174 valence electrons. The summed E-state index contributed by atoms with van der Waals surface area (Å²) in [5, 5.41) is 0. The lowest BCUT2D eigenvalue weighted by Crippen LogP contribution is -2.05. The second-order valence-electron chi connectivity index (χ2n) is 10.3. The van der Waals surface area contributed by atoms with E-state index < -0.39 is 0 Å². The molecule has 4 heterocycles. The van der Waals surface area contributed by atoms with E-state index in [4.69, 9.17) is 9.97 Å². The molecule has 0 atom stereocenters. The van der Waals surface area contributed by atoms with Gasteiger partial charge in [-0.15, -0.1) is 0 Å². The molecule has 0 unspecified atom stereocenters. The van der Waals surface area contributed by atoms with Gasteiger partial charge in [-0.2, -0.15) is 0 Å². The summed E-state index contributed by atoms with van der Waals surface area (Å²) in [4.78, 5) is 10.6. The van der Waals surface area contributed by atoms with Gasteiger partial charge in [-0.05, 0) is 74.6 Å². The Morgan fingerprint density at radius 2 is 0.656 bits per heavy atom. The quantitative estimate of drug-likeness (QED) is 0.451. The predicted molar refractivity (Wildman–Crippen MR) is 136 cm³/mol. The van der Waals surface area contributed by atoms with E-state index in [1.54, 1.807) is 0 Å². The van der Waals surface area contributed by atoms with Crippen molar-refractivity contribution >= 4 is 0 Å². The van der Waals surface area contributed by atoms with Gasteiger partial charge in [0.25, 0.3) is 0 Å². The largest absolute Gasteiger partial charge is 0.251 e. The van der Waals surface area contributed by atoms with Gasteiger partial charge in [-0.3, -0.25) is 9.97 Å². The summed E-state index contributed by atoms with van der Waals surface area (Å²) < 4.78 is 0. The lowest BCUT2D eigenvalue weighted by molar-refractivity contribution is 0.562. The Hall–Kier alpha value is -1.70. The van der Waals surface area contributed by atoms with Gasteiger partial charge >= 0.3 is 0 Å². The molecule has 0 radical (unpaired) electrons. The lowest BCUT2D eigenvalue weighted by Gasteiger charge is -2.16. The average Bonchev–Trinajstić information content (AvgIpc) is 2.82. The van der Waals surface area contributed by atoms with Gasteiger partial charge in [0.15, 0.2) is 0 Å². The van der Waals surface area contributed by atoms with Crippen LogP contribution in [-0.2, 0) is 25.7 Å². The molecule has 4 bridgehead atoms. The molecule has 0 aromatic carbocycles. The topological polar surface area (TPSA) is 25.8 Å². The number of rotatable bonds is 1. The summed E-state index contributed by atoms with van der Waals surface area (Å²) in [5.74, 6) is 0. The predicted octanol–water partition coefficient (Wildman–Crippen LogP) is 8.58. The molecule has 0 fully saturated rings. The molecule has 0 N–H and O–H groups in total. The van der Waals surface area contributed by atoms with E-state index in [9.17, 15) is 0 Å². The maximum Gasteiger partial charge on any atom is 0.0924 e. The Morgan fingerprint density at radius 1 is 0.344 bits per heavy atom. The van der Waals surface area contributed by atoms with Gasteiger partial charge in [-0.1, -0.05) is 89.2 Å². The Balaban J connectivity index is 1.66. The van der Waals surface area contributed by atoms with Crippen LogP contribution in [0, 0.1) is 0 Å². The second kappa shape index (κ2) is 13.1. The molecule has 2 aromatic rings. The van der Waals surface area contributed by atoms with E-state index in [-0.39, 0.29) is 0 Å². The Bertz CT molecular complexity index is 756. The van der Waals surface area contributed by atoms with Crippen LogP contribution in [0.25, 0.3) is 11.4 Å². The minimum absolute atomic E-state index is 1.11. The van der Waals surface area contributed by atoms with Gasteiger partial charge in [0.1, 0.15) is 0 Å². The van der Waals surface area contributed by atoms with Gasteiger partial charge in [0.05, 0.1) is 11.4 Å². The number of aromatic nitrogens is 2. The number of fused-ring (bicyclic) bond motifs is 23. The van der Waals surface area contributed by atoms with Gasteiger partial charge < -0.3 is 0 Å². The van der Waals surface area contributed by atoms with Crippen molar-refractivity contribution in [3.8, 4) is 11.4 Å². The van der Waals surface area contributed by atoms with E-state index in [2.05, 4.69) is 24.3 Å². The minimum atomic E-state index is 1.11. The Kier molecular flexibility index (Phi) is 9.61. The van der Waals surface area contributed by atoms with Crippen LogP contribution in [-0.4, -0.2) is 9.97 Å². The summed E-state index contributed by atoms with van der Waals surface area (Å²) >= 11 is 0. The van der Waals surface area contributed by atoms with E-state index in [1.165, 1.54) is 137 Å². The highest BCUT2D eigenvalue weighted by molar-refractivity contribution is 5.63. The van der Waals surface area contributed by atoms with Gasteiger partial charge in [0, 0.05) is 11.4 Å². The highest BCUT2D eigenvalue weighted by Crippen LogP contribution is 2.29. The number of pyridine rings is 2. The van der Waals surface area contributed by atoms with Crippen LogP contribution in [0.5, 0.6) is 0 Å². The fourth-order valence-corrected chi connectivity index (χ4v) is 5.51. The molecule has 0 saturated carbocycles. The van der Waals surface area contributed by atoms with Crippen molar-refractivity contribution in [3.05, 3.63) is 46.8 Å². The van der Waals surface area contributed by atoms with Crippen LogP contribution in [0.4, 0.5) is 0 Å². The van der Waals surface area contributed by atoms with Crippen LogP contribution < -0.4 is 0 Å². The maximum atomic E-state index is 5.29. The van der Waals surface area contributed by atoms with Gasteiger partial charge in [-0.25, -0.2) is 0 Å². The summed E-state index contributed by atoms with van der Waals surface area (Å²) in [6, 6.07) is 9.39. The zero-order valence-corrected chi connectivity index (χ0v) is 20.3. The van der Waals surface area contributed by atoms with Crippen LogP contribution >= 0.6 is 0 Å². The average molecular weight is 433 g/mol. The molecule has 2 heteroatoms. The first kappa shape index (κ1) is 23.5. The van der Waals surface area contributed by atoms with Crippen molar-refractivity contribution < 1.29 is 0 Å². The molecule has 6 rings (SSSR count). The molecular formula is C30H44N2. The van der Waals surface area contributed by atoms with Crippen molar-refractivity contribution in [2.24, 2.45) is 0 Å². The van der Waals surface area contributed by atoms with E-state index >= 15 is 0 Å². The van der Waals surface area contributed by atoms with Crippen molar-refractivity contribution in [1.29, 1.82) is 0 Å². The smallest absolute Gasteiger partial charge is 0.0924 e. The summed E-state index contributed by atoms with van der Waals surface area (Å²) in [6.45, 7) is 0. The van der Waals surface area contributed by atoms with Crippen LogP contribution in [0.1, 0.15) is 125 Å². The van der Waals surface area contributed by atoms with Crippen molar-refractivity contribution in [2.75, 3.05) is 0 Å². The fraction of sp³-hybridized carbons (Fsp3) is 0.667. The minimum Gasteiger partial charge on any atom is -0.251 e. The zero-order valence-electron chi connectivity index (χ0n) is 20.3. The SMILES string of the molecule is c1cc2c(-c3nc4ccc3CCCCCCCCCC4)nc1CCCCCCCCCC2. The van der Waals surface area contributed by atoms with Gasteiger partial charge in [0.2, 0.25) is 0 Å². The van der Waals surface area contributed by atoms with Crippen molar-refractivity contribution in [3.63, 3.8) is 0 Å². The third-order valence-electron chi connectivity index (χ3n) is 7.56. The first-order chi connectivity index (χ1) is 15.9. The highest BCUT2D eigenvalue weighted by atomic mass is 14.8. The van der Waals surface area contributed by atoms with Crippen LogP contribution in [0.15, 0.2) is 24.3 Å². The molecule has 4 aliphatic rings. The van der Waals surface area contributed by atoms with Crippen molar-refractivity contribution in [2.45, 2.75) is 128 Å². The van der Waals surface area contributed by atoms with E-state index in [1.807, 2.05) is 0 Å². The molecule has 0 saturated heterocycles. The summed E-state index contributed by atoms with van der Waals surface area (Å²) in [6.07, 6.45) is 26.2. The zero-order chi connectivity index (χ0) is 21.8. The standard InChI is InChI=1S/C30H44N2/c1-3-7-11-15-19-27-23-21-25(17-13-9-5-1)29(31-27)30-26-18-14-10-6-2-4-8-12-16-20-28(32-30)24-22-26/h21-24H,1-20H2. The van der Waals surface area contributed by atoms with E-state index in [0.717, 1.165) is 25.7 Å². The molecule has 0 amide bonds. The third-order valence-corrected chi connectivity index (χ3v) is 7.56. The summed E-state index contributed by atoms with van der Waals surface area (Å²) in [5.41, 5.74) is 7.82. The third kappa shape index (κ3) is 7.15. The highest BCUT2D eigenvalue weighted by Gasteiger charge is 2.16. The molecule has 2 aliphatic heterocycles. The lowest BCUT2D eigenvalue weighted by atomic mass is 9.95. The monoisotopic (exact) mass is 432 g/mol. The van der Waals surface area contributed by atoms with Crippen LogP contribution in [0.2, 0.25) is 0 Å². The maximum absolute atomic E-state index is 5.29. The number of hydrogen-bond donors (Lipinski definition) is 0. The fourth-order valence-electron chi connectivity index (χ4n) is 5.51. The number of hydrogen-bond acceptors (Lipinski definition) is 2. The van der Waals surface area contributed by atoms with Crippen LogP contribution in [0.3, 0.4) is 0 Å². The number of nitrogens with zero attached hydrogens (tertiary/aromatic N) is 2. The second-order valence-corrected chi connectivity index (χ2v) is 10.3. The molecule has 2 nitrogen and oxygen atoms in total. The Morgan fingerprint density at radius 3 is 1.03 bits per heavy atom. The van der Waals surface area contributed by atoms with E-state index in [0.29, 0.717) is 0 Å². The summed E-state index contributed by atoms with van der Waals surface area (Å²) in [7, 11) is 0. The number of aryl methyl sites for hydroxylation is 4. The molecule has 2 aromatic heterocycles. The Labute approximate surface area is 196 Å². The molecule has 32 heavy (non-hydrogen) atoms. The normalized spacial score (nSPS) is 19.9.